The Morgan fingerprint density at radius 1 is 1.28 bits per heavy atom. The van der Waals surface area contributed by atoms with Crippen LogP contribution in [0.1, 0.15) is 42.6 Å². The molecular formula is C23H25ClFN5O2. The number of halogens is 2. The number of pyridine rings is 1. The smallest absolute Gasteiger partial charge is 0.242 e. The van der Waals surface area contributed by atoms with Crippen LogP contribution in [0.4, 0.5) is 10.2 Å². The van der Waals surface area contributed by atoms with Gasteiger partial charge < -0.3 is 21.7 Å². The largest absolute Gasteiger partial charge is 0.384 e. The number of aryl methyl sites for hydroxylation is 1. The summed E-state index contributed by atoms with van der Waals surface area (Å²) in [5, 5.41) is 9.18. The van der Waals surface area contributed by atoms with Gasteiger partial charge >= 0.3 is 0 Å². The van der Waals surface area contributed by atoms with Crippen LogP contribution in [0, 0.1) is 5.82 Å². The van der Waals surface area contributed by atoms with E-state index in [1.807, 2.05) is 6.07 Å². The maximum atomic E-state index is 13.4. The van der Waals surface area contributed by atoms with Crippen LogP contribution < -0.4 is 21.7 Å². The number of benzene rings is 1. The summed E-state index contributed by atoms with van der Waals surface area (Å²) >= 11 is 6.18. The molecule has 5 N–H and O–H groups in total. The first kappa shape index (κ1) is 22.2. The van der Waals surface area contributed by atoms with Gasteiger partial charge in [-0.2, -0.15) is 0 Å². The minimum absolute atomic E-state index is 0.148. The minimum Gasteiger partial charge on any atom is -0.384 e. The molecule has 1 aliphatic heterocycles. The lowest BCUT2D eigenvalue weighted by molar-refractivity contribution is -0.129. The Kier molecular flexibility index (Phi) is 6.43. The molecule has 2 aromatic rings. The molecule has 2 heterocycles. The number of fused-ring (bicyclic) bond motifs is 1. The van der Waals surface area contributed by atoms with E-state index in [4.69, 9.17) is 17.3 Å². The van der Waals surface area contributed by atoms with Crippen molar-refractivity contribution in [3.8, 4) is 0 Å². The summed E-state index contributed by atoms with van der Waals surface area (Å²) in [5.74, 6) is -0.531. The molecule has 0 fully saturated rings. The predicted molar refractivity (Wildman–Crippen MR) is 121 cm³/mol. The normalized spacial score (nSPS) is 20.8. The zero-order chi connectivity index (χ0) is 22.8. The van der Waals surface area contributed by atoms with Crippen LogP contribution in [0.15, 0.2) is 36.4 Å². The molecule has 0 bridgehead atoms. The number of hydrogen-bond donors (Lipinski definition) is 4. The molecule has 9 heteroatoms. The topological polar surface area (TPSA) is 109 Å². The molecule has 1 aliphatic carbocycles. The SMILES string of the molecule is C[C@H](NC(=O)[C@H]1C=C(c2ccc(F)cc2Cl)CCN1)C(=O)N[C@@H]1CCc2nc(N)ccc21. The zero-order valence-electron chi connectivity index (χ0n) is 17.6. The van der Waals surface area contributed by atoms with Crippen molar-refractivity contribution in [3.05, 3.63) is 64.1 Å². The van der Waals surface area contributed by atoms with Crippen molar-refractivity contribution in [1.82, 2.24) is 20.9 Å². The van der Waals surface area contributed by atoms with E-state index in [1.165, 1.54) is 12.1 Å². The number of carbonyl (C=O) groups is 2. The molecule has 168 valence electrons. The van der Waals surface area contributed by atoms with E-state index in [0.29, 0.717) is 29.4 Å². The Bertz CT molecular complexity index is 1090. The van der Waals surface area contributed by atoms with Gasteiger partial charge in [-0.3, -0.25) is 9.59 Å². The maximum absolute atomic E-state index is 13.4. The quantitative estimate of drug-likeness (QED) is 0.551. The summed E-state index contributed by atoms with van der Waals surface area (Å²) in [5.41, 5.74) is 9.16. The van der Waals surface area contributed by atoms with E-state index in [1.54, 1.807) is 25.1 Å². The second-order valence-corrected chi connectivity index (χ2v) is 8.51. The molecule has 2 amide bonds. The van der Waals surface area contributed by atoms with Gasteiger partial charge in [-0.25, -0.2) is 9.37 Å². The number of nitrogens with two attached hydrogens (primary N) is 1. The van der Waals surface area contributed by atoms with Gasteiger partial charge in [0.25, 0.3) is 0 Å². The molecule has 3 atom stereocenters. The van der Waals surface area contributed by atoms with Gasteiger partial charge in [0.15, 0.2) is 0 Å². The van der Waals surface area contributed by atoms with Gasteiger partial charge in [0.1, 0.15) is 23.7 Å². The van der Waals surface area contributed by atoms with E-state index >= 15 is 0 Å². The number of carbonyl (C=O) groups excluding carboxylic acids is 2. The molecule has 0 unspecified atom stereocenters. The molecular weight excluding hydrogens is 433 g/mol. The van der Waals surface area contributed by atoms with Crippen molar-refractivity contribution in [2.45, 2.75) is 44.3 Å². The van der Waals surface area contributed by atoms with E-state index in [2.05, 4.69) is 20.9 Å². The van der Waals surface area contributed by atoms with Crippen molar-refractivity contribution in [3.63, 3.8) is 0 Å². The average molecular weight is 458 g/mol. The lowest BCUT2D eigenvalue weighted by atomic mass is 9.96. The molecule has 4 rings (SSSR count). The number of rotatable bonds is 5. The molecule has 1 aromatic heterocycles. The maximum Gasteiger partial charge on any atom is 0.242 e. The van der Waals surface area contributed by atoms with Crippen molar-refractivity contribution in [1.29, 1.82) is 0 Å². The highest BCUT2D eigenvalue weighted by atomic mass is 35.5. The van der Waals surface area contributed by atoms with Gasteiger partial charge in [-0.05, 0) is 61.1 Å². The van der Waals surface area contributed by atoms with E-state index in [-0.39, 0.29) is 17.9 Å². The van der Waals surface area contributed by atoms with Gasteiger partial charge in [-0.15, -0.1) is 0 Å². The summed E-state index contributed by atoms with van der Waals surface area (Å²) in [6, 6.07) is 6.34. The standard InChI is InChI=1S/C23H25ClFN5O2/c1-12(22(31)30-19-6-5-18-16(19)4-7-21(26)29-18)28-23(32)20-10-13(8-9-27-20)15-3-2-14(25)11-17(15)24/h2-4,7,10-12,19-20,27H,5-6,8-9H2,1H3,(H2,26,29)(H,28,32)(H,30,31)/t12-,19+,20+/m0/s1. The van der Waals surface area contributed by atoms with E-state index < -0.39 is 17.9 Å². The van der Waals surface area contributed by atoms with Crippen molar-refractivity contribution in [2.24, 2.45) is 0 Å². The van der Waals surface area contributed by atoms with Crippen LogP contribution in [0.2, 0.25) is 5.02 Å². The van der Waals surface area contributed by atoms with Gasteiger partial charge in [0.2, 0.25) is 11.8 Å². The number of nitrogens with one attached hydrogen (secondary N) is 3. The number of amides is 2. The van der Waals surface area contributed by atoms with Crippen molar-refractivity contribution in [2.75, 3.05) is 12.3 Å². The number of nitrogen functional groups attached to an aromatic ring is 1. The van der Waals surface area contributed by atoms with Crippen LogP contribution in [-0.2, 0) is 16.0 Å². The van der Waals surface area contributed by atoms with E-state index in [0.717, 1.165) is 29.7 Å². The summed E-state index contributed by atoms with van der Waals surface area (Å²) in [7, 11) is 0. The lowest BCUT2D eigenvalue weighted by Crippen LogP contribution is -2.52. The van der Waals surface area contributed by atoms with Crippen LogP contribution in [0.3, 0.4) is 0 Å². The first-order valence-electron chi connectivity index (χ1n) is 10.6. The van der Waals surface area contributed by atoms with Crippen molar-refractivity contribution < 1.29 is 14.0 Å². The Morgan fingerprint density at radius 2 is 2.09 bits per heavy atom. The van der Waals surface area contributed by atoms with Crippen molar-refractivity contribution >= 4 is 34.8 Å². The highest BCUT2D eigenvalue weighted by Gasteiger charge is 2.29. The molecule has 0 spiro atoms. The Morgan fingerprint density at radius 3 is 2.88 bits per heavy atom. The third kappa shape index (κ3) is 4.76. The van der Waals surface area contributed by atoms with Crippen LogP contribution in [0.5, 0.6) is 0 Å². The fourth-order valence-electron chi connectivity index (χ4n) is 4.15. The number of anilines is 1. The van der Waals surface area contributed by atoms with E-state index in [9.17, 15) is 14.0 Å². The summed E-state index contributed by atoms with van der Waals surface area (Å²) < 4.78 is 13.4. The summed E-state index contributed by atoms with van der Waals surface area (Å²) in [6.07, 6.45) is 3.92. The number of nitrogens with zero attached hydrogens (tertiary/aromatic N) is 1. The fourth-order valence-corrected chi connectivity index (χ4v) is 4.44. The highest BCUT2D eigenvalue weighted by molar-refractivity contribution is 6.32. The van der Waals surface area contributed by atoms with Gasteiger partial charge in [0.05, 0.1) is 11.1 Å². The second kappa shape index (κ2) is 9.26. The fraction of sp³-hybridized carbons (Fsp3) is 0.348. The molecule has 7 nitrogen and oxygen atoms in total. The van der Waals surface area contributed by atoms with Gasteiger partial charge in [-0.1, -0.05) is 29.8 Å². The average Bonchev–Trinajstić information content (AvgIpc) is 3.15. The Labute approximate surface area is 190 Å². The zero-order valence-corrected chi connectivity index (χ0v) is 18.4. The molecule has 0 radical (unpaired) electrons. The lowest BCUT2D eigenvalue weighted by Gasteiger charge is -2.25. The first-order valence-corrected chi connectivity index (χ1v) is 10.9. The first-order chi connectivity index (χ1) is 15.3. The number of aromatic nitrogens is 1. The predicted octanol–water partition coefficient (Wildman–Crippen LogP) is 2.51. The van der Waals surface area contributed by atoms with Crippen LogP contribution >= 0.6 is 11.6 Å². The second-order valence-electron chi connectivity index (χ2n) is 8.10. The van der Waals surface area contributed by atoms with Crippen LogP contribution in [-0.4, -0.2) is 35.4 Å². The molecule has 32 heavy (non-hydrogen) atoms. The van der Waals surface area contributed by atoms with Crippen LogP contribution in [0.25, 0.3) is 5.57 Å². The third-order valence-electron chi connectivity index (χ3n) is 5.83. The monoisotopic (exact) mass is 457 g/mol. The molecule has 2 aliphatic rings. The summed E-state index contributed by atoms with van der Waals surface area (Å²) in [6.45, 7) is 2.21. The highest BCUT2D eigenvalue weighted by Crippen LogP contribution is 2.31. The summed E-state index contributed by atoms with van der Waals surface area (Å²) in [4.78, 5) is 29.8. The minimum atomic E-state index is -0.719. The Hall–Kier alpha value is -2.97. The van der Waals surface area contributed by atoms with Gasteiger partial charge in [0, 0.05) is 12.2 Å². The number of hydrogen-bond acceptors (Lipinski definition) is 5. The molecule has 0 saturated heterocycles. The molecule has 0 saturated carbocycles. The third-order valence-corrected chi connectivity index (χ3v) is 6.14. The molecule has 1 aromatic carbocycles. The Balaban J connectivity index is 1.38.